The second kappa shape index (κ2) is 12.1. The Bertz CT molecular complexity index is 588. The number of hydrogen-bond acceptors (Lipinski definition) is 0. The monoisotopic (exact) mass is 408 g/mol. The third kappa shape index (κ3) is 5.23. The average Bonchev–Trinajstić information content (AvgIpc) is 3.42. The number of hydrogen-bond donors (Lipinski definition) is 0. The Hall–Kier alpha value is -1.04. The molecule has 0 saturated heterocycles. The van der Waals surface area contributed by atoms with E-state index in [0.29, 0.717) is 0 Å². The number of rotatable bonds is 12. The Morgan fingerprint density at radius 3 is 0.833 bits per heavy atom. The summed E-state index contributed by atoms with van der Waals surface area (Å²) in [4.78, 5) is 0. The van der Waals surface area contributed by atoms with E-state index in [9.17, 15) is 0 Å². The molecular weight excluding hydrogens is 360 g/mol. The van der Waals surface area contributed by atoms with Crippen LogP contribution in [0.15, 0.2) is 44.6 Å². The van der Waals surface area contributed by atoms with E-state index in [4.69, 9.17) is 0 Å². The zero-order valence-electron chi connectivity index (χ0n) is 20.7. The molecule has 0 aliphatic heterocycles. The smallest absolute Gasteiger partial charge is 0.0270 e. The van der Waals surface area contributed by atoms with Crippen LogP contribution in [0.1, 0.15) is 143 Å². The van der Waals surface area contributed by atoms with Gasteiger partial charge in [-0.1, -0.05) is 53.4 Å². The highest BCUT2D eigenvalue weighted by molar-refractivity contribution is 5.62. The van der Waals surface area contributed by atoms with Gasteiger partial charge in [-0.15, -0.1) is 0 Å². The van der Waals surface area contributed by atoms with Crippen molar-refractivity contribution in [3.8, 4) is 0 Å². The van der Waals surface area contributed by atoms with Gasteiger partial charge >= 0.3 is 0 Å². The Morgan fingerprint density at radius 2 is 0.633 bits per heavy atom. The van der Waals surface area contributed by atoms with Gasteiger partial charge in [-0.3, -0.25) is 0 Å². The van der Waals surface area contributed by atoms with Crippen LogP contribution in [0, 0.1) is 0 Å². The molecule has 168 valence electrons. The molecule has 0 aromatic heterocycles. The molecule has 3 aliphatic carbocycles. The summed E-state index contributed by atoms with van der Waals surface area (Å²) in [5, 5.41) is 0. The van der Waals surface area contributed by atoms with E-state index < -0.39 is 0 Å². The molecule has 0 spiro atoms. The minimum Gasteiger partial charge on any atom is -0.0654 e. The van der Waals surface area contributed by atoms with Gasteiger partial charge in [0.1, 0.15) is 0 Å². The van der Waals surface area contributed by atoms with Crippen LogP contribution in [0.5, 0.6) is 0 Å². The molecule has 0 fully saturated rings. The largest absolute Gasteiger partial charge is 0.0654 e. The highest BCUT2D eigenvalue weighted by Crippen LogP contribution is 2.50. The SMILES string of the molecule is CCCC/C1=C(\CCCC)C2=C(CCC2)/C(CCCC)=C(/CCCC)C2=C1CCC2. The van der Waals surface area contributed by atoms with Gasteiger partial charge in [-0.25, -0.2) is 0 Å². The van der Waals surface area contributed by atoms with Crippen molar-refractivity contribution in [2.24, 2.45) is 0 Å². The molecule has 0 N–H and O–H groups in total. The van der Waals surface area contributed by atoms with Gasteiger partial charge in [-0.2, -0.15) is 0 Å². The fraction of sp³-hybridized carbons (Fsp3) is 0.733. The highest BCUT2D eigenvalue weighted by Gasteiger charge is 2.31. The van der Waals surface area contributed by atoms with Crippen LogP contribution in [0.3, 0.4) is 0 Å². The van der Waals surface area contributed by atoms with Gasteiger partial charge in [0.05, 0.1) is 0 Å². The molecule has 0 aromatic rings. The van der Waals surface area contributed by atoms with Gasteiger partial charge < -0.3 is 0 Å². The Labute approximate surface area is 188 Å². The van der Waals surface area contributed by atoms with E-state index in [1.807, 2.05) is 44.6 Å². The molecule has 0 saturated carbocycles. The van der Waals surface area contributed by atoms with Crippen LogP contribution in [0.4, 0.5) is 0 Å². The molecule has 0 heterocycles. The van der Waals surface area contributed by atoms with Crippen molar-refractivity contribution < 1.29 is 0 Å². The lowest BCUT2D eigenvalue weighted by molar-refractivity contribution is 0.733. The Balaban J connectivity index is 2.21. The minimum atomic E-state index is 1.32. The zero-order valence-corrected chi connectivity index (χ0v) is 20.7. The quantitative estimate of drug-likeness (QED) is 0.301. The second-order valence-corrected chi connectivity index (χ2v) is 9.95. The summed E-state index contributed by atoms with van der Waals surface area (Å²) in [6, 6.07) is 0. The summed E-state index contributed by atoms with van der Waals surface area (Å²) in [7, 11) is 0. The van der Waals surface area contributed by atoms with E-state index in [1.165, 1.54) is 116 Å². The van der Waals surface area contributed by atoms with Crippen LogP contribution in [0.25, 0.3) is 0 Å². The molecule has 30 heavy (non-hydrogen) atoms. The van der Waals surface area contributed by atoms with Crippen LogP contribution in [0.2, 0.25) is 0 Å². The normalized spacial score (nSPS) is 24.4. The lowest BCUT2D eigenvalue weighted by atomic mass is 9.77. The predicted octanol–water partition coefficient (Wildman–Crippen LogP) is 10.3. The molecule has 3 rings (SSSR count). The molecule has 0 radical (unpaired) electrons. The van der Waals surface area contributed by atoms with Crippen LogP contribution < -0.4 is 0 Å². The maximum atomic E-state index is 2.37. The summed E-state index contributed by atoms with van der Waals surface area (Å²) >= 11 is 0. The summed E-state index contributed by atoms with van der Waals surface area (Å²) < 4.78 is 0. The first-order valence-corrected chi connectivity index (χ1v) is 13.7. The van der Waals surface area contributed by atoms with Gasteiger partial charge in [0.25, 0.3) is 0 Å². The van der Waals surface area contributed by atoms with Crippen molar-refractivity contribution in [1.82, 2.24) is 0 Å². The summed E-state index contributed by atoms with van der Waals surface area (Å²) in [6.07, 6.45) is 24.2. The van der Waals surface area contributed by atoms with Crippen LogP contribution >= 0.6 is 0 Å². The van der Waals surface area contributed by atoms with Crippen molar-refractivity contribution in [3.05, 3.63) is 44.6 Å². The molecule has 0 heteroatoms. The molecule has 0 amide bonds. The predicted molar refractivity (Wildman–Crippen MR) is 134 cm³/mol. The molecular formula is C30H48. The van der Waals surface area contributed by atoms with E-state index in [2.05, 4.69) is 27.7 Å². The number of unbranched alkanes of at least 4 members (excludes halogenated alkanes) is 4. The summed E-state index contributed by atoms with van der Waals surface area (Å²) in [6.45, 7) is 9.48. The fourth-order valence-electron chi connectivity index (χ4n) is 6.17. The first kappa shape index (κ1) is 23.6. The Morgan fingerprint density at radius 1 is 0.400 bits per heavy atom. The van der Waals surface area contributed by atoms with E-state index in [-0.39, 0.29) is 0 Å². The van der Waals surface area contributed by atoms with Gasteiger partial charge in [0.2, 0.25) is 0 Å². The number of allylic oxidation sites excluding steroid dienone is 8. The van der Waals surface area contributed by atoms with Crippen LogP contribution in [-0.4, -0.2) is 0 Å². The molecule has 0 nitrogen and oxygen atoms in total. The summed E-state index contributed by atoms with van der Waals surface area (Å²) in [5.74, 6) is 0. The van der Waals surface area contributed by atoms with E-state index >= 15 is 0 Å². The first-order chi connectivity index (χ1) is 14.8. The maximum absolute atomic E-state index is 2.37. The summed E-state index contributed by atoms with van der Waals surface area (Å²) in [5.41, 5.74) is 14.6. The van der Waals surface area contributed by atoms with Gasteiger partial charge in [0, 0.05) is 0 Å². The topological polar surface area (TPSA) is 0 Å². The second-order valence-electron chi connectivity index (χ2n) is 9.95. The lowest BCUT2D eigenvalue weighted by Crippen LogP contribution is -2.08. The van der Waals surface area contributed by atoms with E-state index in [1.54, 1.807) is 0 Å². The third-order valence-corrected chi connectivity index (χ3v) is 7.74. The molecule has 0 bridgehead atoms. The standard InChI is InChI=1S/C30H48/c1-5-9-15-23-24(16-10-6-2)28-20-14-22-30(28)26(18-12-8-4)25(17-11-7-3)29-21-13-19-27(23)29/h5-22H2,1-4H3/b24-23-,26-25-,27-23?,28-24?,29-25?,30-26?. The molecule has 3 aliphatic rings. The first-order valence-electron chi connectivity index (χ1n) is 13.7. The van der Waals surface area contributed by atoms with Gasteiger partial charge in [0.15, 0.2) is 0 Å². The lowest BCUT2D eigenvalue weighted by Gasteiger charge is -2.28. The van der Waals surface area contributed by atoms with Crippen molar-refractivity contribution in [2.45, 2.75) is 143 Å². The molecule has 0 unspecified atom stereocenters. The average molecular weight is 409 g/mol. The molecule has 0 aromatic carbocycles. The van der Waals surface area contributed by atoms with Gasteiger partial charge in [-0.05, 0) is 134 Å². The maximum Gasteiger partial charge on any atom is -0.0270 e. The third-order valence-electron chi connectivity index (χ3n) is 7.74. The van der Waals surface area contributed by atoms with E-state index in [0.717, 1.165) is 0 Å². The van der Waals surface area contributed by atoms with Crippen molar-refractivity contribution in [1.29, 1.82) is 0 Å². The van der Waals surface area contributed by atoms with Crippen LogP contribution in [-0.2, 0) is 0 Å². The molecule has 0 atom stereocenters. The van der Waals surface area contributed by atoms with Crippen molar-refractivity contribution in [3.63, 3.8) is 0 Å². The highest BCUT2D eigenvalue weighted by atomic mass is 14.4. The van der Waals surface area contributed by atoms with Crippen molar-refractivity contribution >= 4 is 0 Å². The zero-order chi connectivity index (χ0) is 21.3. The van der Waals surface area contributed by atoms with Crippen molar-refractivity contribution in [2.75, 3.05) is 0 Å². The fourth-order valence-corrected chi connectivity index (χ4v) is 6.17. The Kier molecular flexibility index (Phi) is 9.54. The minimum absolute atomic E-state index is 1.32.